The van der Waals surface area contributed by atoms with Gasteiger partial charge in [-0.25, -0.2) is 4.79 Å². The van der Waals surface area contributed by atoms with E-state index in [9.17, 15) is 4.79 Å². The number of ether oxygens (including phenoxy) is 4. The van der Waals surface area contributed by atoms with Gasteiger partial charge in [0.1, 0.15) is 18.0 Å². The van der Waals surface area contributed by atoms with E-state index < -0.39 is 0 Å². The monoisotopic (exact) mass is 349 g/mol. The van der Waals surface area contributed by atoms with E-state index in [-0.39, 0.29) is 35.9 Å². The van der Waals surface area contributed by atoms with Gasteiger partial charge >= 0.3 is 6.03 Å². The van der Waals surface area contributed by atoms with Gasteiger partial charge in [0.2, 0.25) is 0 Å². The number of aryl methyl sites for hydroxylation is 1. The first kappa shape index (κ1) is 16.6. The standard InChI is InChI=1S/C17H23N3O5/c1-10-12(4-3-5-18-10)25-13-7-24-14-11(6-23-15(13)14)19-16(21)20-17(2)8-22-9-17/h3-5,11,13-15H,6-9H2,1-2H3,(H2,19,20,21)/t11-,13-,14+,15+/m0/s1. The fourth-order valence-electron chi connectivity index (χ4n) is 3.41. The van der Waals surface area contributed by atoms with E-state index in [2.05, 4.69) is 15.6 Å². The molecule has 0 bridgehead atoms. The molecule has 4 atom stereocenters. The molecule has 0 aromatic carbocycles. The lowest BCUT2D eigenvalue weighted by molar-refractivity contribution is -0.0577. The van der Waals surface area contributed by atoms with E-state index in [1.807, 2.05) is 26.0 Å². The molecule has 25 heavy (non-hydrogen) atoms. The maximum absolute atomic E-state index is 12.2. The fraction of sp³-hybridized carbons (Fsp3) is 0.647. The van der Waals surface area contributed by atoms with Gasteiger partial charge in [-0.2, -0.15) is 0 Å². The van der Waals surface area contributed by atoms with Crippen LogP contribution in [0.5, 0.6) is 5.75 Å². The minimum absolute atomic E-state index is 0.196. The first-order valence-corrected chi connectivity index (χ1v) is 8.52. The molecule has 0 aliphatic carbocycles. The predicted molar refractivity (Wildman–Crippen MR) is 87.5 cm³/mol. The Kier molecular flexibility index (Phi) is 4.26. The van der Waals surface area contributed by atoms with Gasteiger partial charge in [0.05, 0.1) is 43.7 Å². The third-order valence-corrected chi connectivity index (χ3v) is 4.82. The molecule has 0 saturated carbocycles. The Balaban J connectivity index is 1.34. The number of aromatic nitrogens is 1. The van der Waals surface area contributed by atoms with Crippen LogP contribution in [0.2, 0.25) is 0 Å². The number of rotatable bonds is 4. The summed E-state index contributed by atoms with van der Waals surface area (Å²) in [4.78, 5) is 16.4. The Morgan fingerprint density at radius 1 is 1.32 bits per heavy atom. The van der Waals surface area contributed by atoms with Crippen molar-refractivity contribution in [2.45, 2.75) is 43.7 Å². The van der Waals surface area contributed by atoms with Gasteiger partial charge in [0, 0.05) is 6.20 Å². The summed E-state index contributed by atoms with van der Waals surface area (Å²) in [5.74, 6) is 0.729. The van der Waals surface area contributed by atoms with Crippen molar-refractivity contribution in [2.24, 2.45) is 0 Å². The largest absolute Gasteiger partial charge is 0.483 e. The number of carbonyl (C=O) groups is 1. The number of hydrogen-bond donors (Lipinski definition) is 2. The third kappa shape index (κ3) is 3.29. The Hall–Kier alpha value is -1.90. The molecule has 0 spiro atoms. The molecule has 0 unspecified atom stereocenters. The SMILES string of the molecule is Cc1ncccc1O[C@H]1CO[C@H]2[C@@H]1OC[C@@H]2NC(=O)NC1(C)COC1. The zero-order valence-corrected chi connectivity index (χ0v) is 14.4. The van der Waals surface area contributed by atoms with Gasteiger partial charge < -0.3 is 29.6 Å². The summed E-state index contributed by atoms with van der Waals surface area (Å²) >= 11 is 0. The van der Waals surface area contributed by atoms with Crippen LogP contribution < -0.4 is 15.4 Å². The van der Waals surface area contributed by atoms with Crippen LogP contribution in [0.15, 0.2) is 18.3 Å². The van der Waals surface area contributed by atoms with Crippen molar-refractivity contribution >= 4 is 6.03 Å². The zero-order chi connectivity index (χ0) is 17.4. The molecule has 3 aliphatic rings. The van der Waals surface area contributed by atoms with Crippen LogP contribution in [0.3, 0.4) is 0 Å². The molecule has 4 heterocycles. The lowest BCUT2D eigenvalue weighted by atomic mass is 10.0. The molecule has 136 valence electrons. The van der Waals surface area contributed by atoms with E-state index in [0.29, 0.717) is 26.4 Å². The lowest BCUT2D eigenvalue weighted by Gasteiger charge is -2.38. The average molecular weight is 349 g/mol. The summed E-state index contributed by atoms with van der Waals surface area (Å²) in [6.45, 7) is 5.75. The number of carbonyl (C=O) groups excluding carboxylic acids is 1. The highest BCUT2D eigenvalue weighted by molar-refractivity contribution is 5.75. The van der Waals surface area contributed by atoms with Gasteiger partial charge in [-0.15, -0.1) is 0 Å². The van der Waals surface area contributed by atoms with Gasteiger partial charge in [0.15, 0.2) is 6.10 Å². The molecule has 4 rings (SSSR count). The molecule has 8 nitrogen and oxygen atoms in total. The minimum Gasteiger partial charge on any atom is -0.483 e. The highest BCUT2D eigenvalue weighted by Gasteiger charge is 2.50. The molecule has 2 amide bonds. The third-order valence-electron chi connectivity index (χ3n) is 4.82. The predicted octanol–water partition coefficient (Wildman–Crippen LogP) is 0.392. The van der Waals surface area contributed by atoms with E-state index in [1.54, 1.807) is 6.20 Å². The number of hydrogen-bond acceptors (Lipinski definition) is 6. The molecule has 0 radical (unpaired) electrons. The van der Waals surface area contributed by atoms with Crippen molar-refractivity contribution in [2.75, 3.05) is 26.4 Å². The summed E-state index contributed by atoms with van der Waals surface area (Å²) in [6, 6.07) is 3.30. The molecular weight excluding hydrogens is 326 g/mol. The summed E-state index contributed by atoms with van der Waals surface area (Å²) in [6.07, 6.45) is 1.11. The Labute approximate surface area is 146 Å². The number of pyridine rings is 1. The second-order valence-electron chi connectivity index (χ2n) is 7.10. The summed E-state index contributed by atoms with van der Waals surface area (Å²) in [5.41, 5.74) is 0.539. The van der Waals surface area contributed by atoms with Crippen LogP contribution in [0.1, 0.15) is 12.6 Å². The van der Waals surface area contributed by atoms with Crippen LogP contribution in [-0.2, 0) is 14.2 Å². The highest BCUT2D eigenvalue weighted by atomic mass is 16.6. The number of urea groups is 1. The van der Waals surface area contributed by atoms with Gasteiger partial charge in [0.25, 0.3) is 0 Å². The first-order chi connectivity index (χ1) is 12.0. The van der Waals surface area contributed by atoms with E-state index in [4.69, 9.17) is 18.9 Å². The summed E-state index contributed by atoms with van der Waals surface area (Å²) < 4.78 is 22.9. The van der Waals surface area contributed by atoms with Crippen LogP contribution in [-0.4, -0.2) is 67.3 Å². The molecule has 3 fully saturated rings. The van der Waals surface area contributed by atoms with Crippen molar-refractivity contribution in [1.29, 1.82) is 0 Å². The Morgan fingerprint density at radius 3 is 2.84 bits per heavy atom. The maximum Gasteiger partial charge on any atom is 0.315 e. The molecule has 1 aromatic heterocycles. The smallest absolute Gasteiger partial charge is 0.315 e. The first-order valence-electron chi connectivity index (χ1n) is 8.52. The number of amides is 2. The summed E-state index contributed by atoms with van der Waals surface area (Å²) in [7, 11) is 0. The van der Waals surface area contributed by atoms with Gasteiger partial charge in [-0.1, -0.05) is 0 Å². The van der Waals surface area contributed by atoms with E-state index >= 15 is 0 Å². The molecule has 3 saturated heterocycles. The molecule has 2 N–H and O–H groups in total. The zero-order valence-electron chi connectivity index (χ0n) is 14.4. The van der Waals surface area contributed by atoms with Crippen LogP contribution >= 0.6 is 0 Å². The molecule has 1 aromatic rings. The lowest BCUT2D eigenvalue weighted by Crippen LogP contribution is -2.63. The normalized spacial score (nSPS) is 32.6. The van der Waals surface area contributed by atoms with Gasteiger partial charge in [-0.05, 0) is 26.0 Å². The molecular formula is C17H23N3O5. The van der Waals surface area contributed by atoms with Crippen LogP contribution in [0, 0.1) is 6.92 Å². The summed E-state index contributed by atoms with van der Waals surface area (Å²) in [5, 5.41) is 5.88. The average Bonchev–Trinajstić information content (AvgIpc) is 3.12. The van der Waals surface area contributed by atoms with Crippen LogP contribution in [0.4, 0.5) is 4.79 Å². The maximum atomic E-state index is 12.2. The van der Waals surface area contributed by atoms with Crippen molar-refractivity contribution in [3.63, 3.8) is 0 Å². The van der Waals surface area contributed by atoms with Crippen molar-refractivity contribution in [3.8, 4) is 5.75 Å². The van der Waals surface area contributed by atoms with Crippen molar-refractivity contribution < 1.29 is 23.7 Å². The molecule has 3 aliphatic heterocycles. The molecule has 8 heteroatoms. The second-order valence-corrected chi connectivity index (χ2v) is 7.10. The van der Waals surface area contributed by atoms with Crippen molar-refractivity contribution in [1.82, 2.24) is 15.6 Å². The number of nitrogens with one attached hydrogen (secondary N) is 2. The van der Waals surface area contributed by atoms with Crippen molar-refractivity contribution in [3.05, 3.63) is 24.0 Å². The Morgan fingerprint density at radius 2 is 2.12 bits per heavy atom. The quantitative estimate of drug-likeness (QED) is 0.817. The van der Waals surface area contributed by atoms with E-state index in [1.165, 1.54) is 0 Å². The second kappa shape index (κ2) is 6.44. The minimum atomic E-state index is -0.289. The number of nitrogens with zero attached hydrogens (tertiary/aromatic N) is 1. The Bertz CT molecular complexity index is 651. The van der Waals surface area contributed by atoms with Crippen LogP contribution in [0.25, 0.3) is 0 Å². The fourth-order valence-corrected chi connectivity index (χ4v) is 3.41. The number of fused-ring (bicyclic) bond motifs is 1. The van der Waals surface area contributed by atoms with E-state index in [0.717, 1.165) is 11.4 Å². The van der Waals surface area contributed by atoms with Gasteiger partial charge in [-0.3, -0.25) is 4.98 Å². The highest BCUT2D eigenvalue weighted by Crippen LogP contribution is 2.30. The topological polar surface area (TPSA) is 90.9 Å².